The van der Waals surface area contributed by atoms with Gasteiger partial charge in [0.25, 0.3) is 0 Å². The van der Waals surface area contributed by atoms with Crippen molar-refractivity contribution in [3.05, 3.63) is 0 Å². The third-order valence-corrected chi connectivity index (χ3v) is 6.29. The molecule has 2 nitrogen and oxygen atoms in total. The lowest BCUT2D eigenvalue weighted by Gasteiger charge is -2.44. The molecular weight excluding hydrogens is 256 g/mol. The molecule has 0 amide bonds. The second-order valence-corrected chi connectivity index (χ2v) is 8.07. The molecule has 3 aliphatic carbocycles. The first kappa shape index (κ1) is 15.8. The summed E-state index contributed by atoms with van der Waals surface area (Å²) in [5.41, 5.74) is 0.592. The van der Waals surface area contributed by atoms with Crippen LogP contribution in [0.2, 0.25) is 0 Å². The highest BCUT2D eigenvalue weighted by atomic mass is 15.2. The highest BCUT2D eigenvalue weighted by Crippen LogP contribution is 2.38. The Morgan fingerprint density at radius 3 is 2.19 bits per heavy atom. The SMILES string of the molecule is CCN(CC1(CNC2CC2)CCCCC1)C1CCCCC1. The maximum atomic E-state index is 3.87. The Hall–Kier alpha value is -0.0800. The van der Waals surface area contributed by atoms with E-state index in [9.17, 15) is 0 Å². The van der Waals surface area contributed by atoms with Gasteiger partial charge in [-0.15, -0.1) is 0 Å². The number of rotatable bonds is 7. The first-order valence-electron chi connectivity index (χ1n) is 9.79. The zero-order valence-electron chi connectivity index (χ0n) is 14.2. The maximum absolute atomic E-state index is 3.87. The van der Waals surface area contributed by atoms with E-state index in [4.69, 9.17) is 0 Å². The van der Waals surface area contributed by atoms with Crippen LogP contribution in [-0.4, -0.2) is 36.6 Å². The molecule has 3 saturated carbocycles. The van der Waals surface area contributed by atoms with E-state index in [2.05, 4.69) is 17.1 Å². The smallest absolute Gasteiger partial charge is 0.00953 e. The molecular formula is C19H36N2. The van der Waals surface area contributed by atoms with Crippen LogP contribution in [0, 0.1) is 5.41 Å². The van der Waals surface area contributed by atoms with E-state index in [0.717, 1.165) is 12.1 Å². The quantitative estimate of drug-likeness (QED) is 0.751. The molecule has 2 heteroatoms. The summed E-state index contributed by atoms with van der Waals surface area (Å²) < 4.78 is 0. The highest BCUT2D eigenvalue weighted by Gasteiger charge is 2.36. The molecule has 0 aromatic rings. The predicted molar refractivity (Wildman–Crippen MR) is 90.7 cm³/mol. The maximum Gasteiger partial charge on any atom is 0.00953 e. The fourth-order valence-electron chi connectivity index (χ4n) is 4.72. The van der Waals surface area contributed by atoms with Gasteiger partial charge in [-0.1, -0.05) is 45.4 Å². The summed E-state index contributed by atoms with van der Waals surface area (Å²) in [5, 5.41) is 3.87. The van der Waals surface area contributed by atoms with Crippen molar-refractivity contribution in [1.82, 2.24) is 10.2 Å². The standard InChI is InChI=1S/C19H36N2/c1-2-21(18-9-5-3-6-10-18)16-19(13-7-4-8-14-19)15-20-17-11-12-17/h17-18,20H,2-16H2,1H3. The molecule has 0 aromatic carbocycles. The van der Waals surface area contributed by atoms with Crippen LogP contribution in [0.15, 0.2) is 0 Å². The van der Waals surface area contributed by atoms with E-state index in [1.807, 2.05) is 0 Å². The molecule has 0 aliphatic heterocycles. The molecule has 0 bridgehead atoms. The second-order valence-electron chi connectivity index (χ2n) is 8.07. The number of hydrogen-bond acceptors (Lipinski definition) is 2. The zero-order chi connectivity index (χ0) is 14.5. The first-order chi connectivity index (χ1) is 10.3. The van der Waals surface area contributed by atoms with Gasteiger partial charge in [-0.3, -0.25) is 0 Å². The minimum atomic E-state index is 0.592. The predicted octanol–water partition coefficient (Wildman–Crippen LogP) is 4.34. The van der Waals surface area contributed by atoms with Gasteiger partial charge >= 0.3 is 0 Å². The fraction of sp³-hybridized carbons (Fsp3) is 1.00. The molecule has 0 unspecified atom stereocenters. The fourth-order valence-corrected chi connectivity index (χ4v) is 4.72. The van der Waals surface area contributed by atoms with Gasteiger partial charge in [-0.25, -0.2) is 0 Å². The van der Waals surface area contributed by atoms with Crippen LogP contribution in [0.4, 0.5) is 0 Å². The zero-order valence-corrected chi connectivity index (χ0v) is 14.2. The Morgan fingerprint density at radius 1 is 0.905 bits per heavy atom. The van der Waals surface area contributed by atoms with E-state index in [-0.39, 0.29) is 0 Å². The largest absolute Gasteiger partial charge is 0.313 e. The Morgan fingerprint density at radius 2 is 1.57 bits per heavy atom. The molecule has 0 spiro atoms. The van der Waals surface area contributed by atoms with E-state index in [0.29, 0.717) is 5.41 Å². The average molecular weight is 293 g/mol. The van der Waals surface area contributed by atoms with Gasteiger partial charge in [0.2, 0.25) is 0 Å². The average Bonchev–Trinajstić information content (AvgIpc) is 3.37. The highest BCUT2D eigenvalue weighted by molar-refractivity contribution is 4.92. The lowest BCUT2D eigenvalue weighted by molar-refractivity contribution is 0.0643. The van der Waals surface area contributed by atoms with Gasteiger partial charge in [0.15, 0.2) is 0 Å². The molecule has 0 aromatic heterocycles. The molecule has 21 heavy (non-hydrogen) atoms. The van der Waals surface area contributed by atoms with Crippen molar-refractivity contribution in [2.45, 2.75) is 96.1 Å². The summed E-state index contributed by atoms with van der Waals surface area (Å²) in [7, 11) is 0. The molecule has 3 fully saturated rings. The van der Waals surface area contributed by atoms with E-state index in [1.54, 1.807) is 0 Å². The lowest BCUT2D eigenvalue weighted by Crippen LogP contribution is -2.49. The van der Waals surface area contributed by atoms with Gasteiger partial charge in [0, 0.05) is 25.2 Å². The molecule has 3 rings (SSSR count). The summed E-state index contributed by atoms with van der Waals surface area (Å²) in [5.74, 6) is 0. The topological polar surface area (TPSA) is 15.3 Å². The van der Waals surface area contributed by atoms with Crippen molar-refractivity contribution in [2.75, 3.05) is 19.6 Å². The van der Waals surface area contributed by atoms with Crippen LogP contribution in [0.1, 0.15) is 84.0 Å². The van der Waals surface area contributed by atoms with Gasteiger partial charge in [0.1, 0.15) is 0 Å². The minimum absolute atomic E-state index is 0.592. The molecule has 1 N–H and O–H groups in total. The van der Waals surface area contributed by atoms with Crippen molar-refractivity contribution in [2.24, 2.45) is 5.41 Å². The van der Waals surface area contributed by atoms with Crippen LogP contribution < -0.4 is 5.32 Å². The third-order valence-electron chi connectivity index (χ3n) is 6.29. The first-order valence-corrected chi connectivity index (χ1v) is 9.79. The molecule has 3 aliphatic rings. The van der Waals surface area contributed by atoms with Crippen LogP contribution in [0.5, 0.6) is 0 Å². The monoisotopic (exact) mass is 292 g/mol. The van der Waals surface area contributed by atoms with Gasteiger partial charge in [-0.05, 0) is 50.5 Å². The van der Waals surface area contributed by atoms with Gasteiger partial charge < -0.3 is 10.2 Å². The van der Waals surface area contributed by atoms with Gasteiger partial charge in [0.05, 0.1) is 0 Å². The van der Waals surface area contributed by atoms with Crippen LogP contribution in [0.25, 0.3) is 0 Å². The Bertz CT molecular complexity index is 299. The number of nitrogens with one attached hydrogen (secondary N) is 1. The summed E-state index contributed by atoms with van der Waals surface area (Å²) in [6, 6.07) is 1.76. The van der Waals surface area contributed by atoms with Crippen LogP contribution in [0.3, 0.4) is 0 Å². The number of hydrogen-bond donors (Lipinski definition) is 1. The normalized spacial score (nSPS) is 27.1. The molecule has 0 radical (unpaired) electrons. The summed E-state index contributed by atoms with van der Waals surface area (Å²) >= 11 is 0. The molecule has 0 saturated heterocycles. The Kier molecular flexibility index (Phi) is 5.61. The van der Waals surface area contributed by atoms with Crippen molar-refractivity contribution in [3.8, 4) is 0 Å². The molecule has 0 heterocycles. The Balaban J connectivity index is 1.59. The van der Waals surface area contributed by atoms with Gasteiger partial charge in [-0.2, -0.15) is 0 Å². The van der Waals surface area contributed by atoms with E-state index < -0.39 is 0 Å². The van der Waals surface area contributed by atoms with Crippen molar-refractivity contribution < 1.29 is 0 Å². The van der Waals surface area contributed by atoms with E-state index >= 15 is 0 Å². The minimum Gasteiger partial charge on any atom is -0.313 e. The van der Waals surface area contributed by atoms with Crippen LogP contribution >= 0.6 is 0 Å². The third kappa shape index (κ3) is 4.45. The van der Waals surface area contributed by atoms with Crippen LogP contribution in [-0.2, 0) is 0 Å². The molecule has 0 atom stereocenters. The van der Waals surface area contributed by atoms with Crippen molar-refractivity contribution in [1.29, 1.82) is 0 Å². The lowest BCUT2D eigenvalue weighted by atomic mass is 9.73. The Labute approximate surface area is 132 Å². The molecule has 122 valence electrons. The summed E-state index contributed by atoms with van der Waals surface area (Å²) in [6.07, 6.45) is 17.5. The summed E-state index contributed by atoms with van der Waals surface area (Å²) in [6.45, 7) is 6.31. The number of nitrogens with zero attached hydrogens (tertiary/aromatic N) is 1. The summed E-state index contributed by atoms with van der Waals surface area (Å²) in [4.78, 5) is 2.86. The van der Waals surface area contributed by atoms with Crippen molar-refractivity contribution >= 4 is 0 Å². The van der Waals surface area contributed by atoms with E-state index in [1.165, 1.54) is 96.7 Å². The second kappa shape index (κ2) is 7.46. The van der Waals surface area contributed by atoms with Crippen molar-refractivity contribution in [3.63, 3.8) is 0 Å².